The number of rotatable bonds is 8. The Kier molecular flexibility index (Phi) is 9.60. The minimum absolute atomic E-state index is 0.274. The van der Waals surface area contributed by atoms with Gasteiger partial charge in [-0.05, 0) is 63.2 Å². The molecule has 4 fully saturated rings. The Morgan fingerprint density at radius 3 is 2.20 bits per heavy atom. The molecular formula is C23H44N4O2S. The van der Waals surface area contributed by atoms with Gasteiger partial charge in [0.2, 0.25) is 0 Å². The first kappa shape index (κ1) is 23.3. The molecule has 2 saturated heterocycles. The van der Waals surface area contributed by atoms with E-state index in [1.807, 2.05) is 7.11 Å². The zero-order valence-corrected chi connectivity index (χ0v) is 19.8. The van der Waals surface area contributed by atoms with Crippen molar-refractivity contribution in [3.63, 3.8) is 0 Å². The fraction of sp³-hybridized carbons (Fsp3) is 1.00. The van der Waals surface area contributed by atoms with Gasteiger partial charge in [-0.3, -0.25) is 20.9 Å². The van der Waals surface area contributed by atoms with Crippen LogP contribution in [-0.2, 0) is 9.47 Å². The highest BCUT2D eigenvalue weighted by Crippen LogP contribution is 2.31. The first-order chi connectivity index (χ1) is 14.8. The van der Waals surface area contributed by atoms with Crippen molar-refractivity contribution >= 4 is 11.8 Å². The smallest absolute Gasteiger partial charge is 0.112 e. The number of ether oxygens (including phenoxy) is 2. The topological polar surface area (TPSA) is 57.8 Å². The summed E-state index contributed by atoms with van der Waals surface area (Å²) in [7, 11) is 1.86. The lowest BCUT2D eigenvalue weighted by Crippen LogP contribution is -2.63. The predicted octanol–water partition coefficient (Wildman–Crippen LogP) is 2.25. The number of hydrogen-bond donors (Lipinski definition) is 3. The van der Waals surface area contributed by atoms with Gasteiger partial charge in [0.05, 0.1) is 18.8 Å². The van der Waals surface area contributed by atoms with Crippen LogP contribution < -0.4 is 16.0 Å². The summed E-state index contributed by atoms with van der Waals surface area (Å²) in [6, 6.07) is 0.614. The molecule has 0 radical (unpaired) electrons. The quantitative estimate of drug-likeness (QED) is 0.535. The van der Waals surface area contributed by atoms with Crippen LogP contribution in [0.15, 0.2) is 0 Å². The fourth-order valence-corrected chi connectivity index (χ4v) is 6.71. The molecule has 0 spiro atoms. The summed E-state index contributed by atoms with van der Waals surface area (Å²) < 4.78 is 11.7. The normalized spacial score (nSPS) is 39.1. The van der Waals surface area contributed by atoms with E-state index in [9.17, 15) is 0 Å². The van der Waals surface area contributed by atoms with E-state index in [1.165, 1.54) is 76.0 Å². The Balaban J connectivity index is 1.06. The average molecular weight is 441 g/mol. The van der Waals surface area contributed by atoms with Crippen LogP contribution >= 0.6 is 11.8 Å². The third kappa shape index (κ3) is 7.06. The maximum Gasteiger partial charge on any atom is 0.112 e. The maximum atomic E-state index is 6.20. The summed E-state index contributed by atoms with van der Waals surface area (Å²) in [6.45, 7) is 6.78. The van der Waals surface area contributed by atoms with Crippen molar-refractivity contribution in [2.75, 3.05) is 57.9 Å². The highest BCUT2D eigenvalue weighted by atomic mass is 32.2. The first-order valence-corrected chi connectivity index (χ1v) is 13.6. The molecule has 0 aromatic heterocycles. The molecular weight excluding hydrogens is 396 g/mol. The number of hydrogen-bond acceptors (Lipinski definition) is 7. The molecule has 174 valence electrons. The molecule has 0 amide bonds. The monoisotopic (exact) mass is 440 g/mol. The predicted molar refractivity (Wildman–Crippen MR) is 125 cm³/mol. The van der Waals surface area contributed by atoms with Crippen molar-refractivity contribution in [2.45, 2.75) is 75.9 Å². The Morgan fingerprint density at radius 2 is 1.53 bits per heavy atom. The van der Waals surface area contributed by atoms with Gasteiger partial charge in [-0.2, -0.15) is 11.8 Å². The Bertz CT molecular complexity index is 470. The van der Waals surface area contributed by atoms with Crippen LogP contribution in [0.3, 0.4) is 0 Å². The van der Waals surface area contributed by atoms with Crippen LogP contribution in [0.4, 0.5) is 0 Å². The van der Waals surface area contributed by atoms with Gasteiger partial charge in [-0.1, -0.05) is 0 Å². The van der Waals surface area contributed by atoms with E-state index in [-0.39, 0.29) is 6.29 Å². The van der Waals surface area contributed by atoms with Crippen molar-refractivity contribution in [3.8, 4) is 0 Å². The zero-order valence-electron chi connectivity index (χ0n) is 18.9. The number of nitrogens with zero attached hydrogens (tertiary/aromatic N) is 1. The van der Waals surface area contributed by atoms with Gasteiger partial charge in [0, 0.05) is 57.4 Å². The molecule has 6 nitrogen and oxygen atoms in total. The number of thioether (sulfide) groups is 1. The molecule has 4 aliphatic rings. The lowest BCUT2D eigenvalue weighted by Gasteiger charge is -2.40. The standard InChI is InChI=1S/C23H44N4O2S/c1-28-21-6-2-18(3-7-21)19-16-24-23(25-17-19)26-20-4-8-22(9-5-20)29-13-10-27-11-14-30-15-12-27/h18-26H,2-17H2,1H3. The molecule has 0 unspecified atom stereocenters. The molecule has 4 rings (SSSR count). The minimum atomic E-state index is 0.274. The van der Waals surface area contributed by atoms with E-state index in [0.717, 1.165) is 38.1 Å². The van der Waals surface area contributed by atoms with E-state index in [4.69, 9.17) is 9.47 Å². The van der Waals surface area contributed by atoms with Crippen LogP contribution in [0.5, 0.6) is 0 Å². The van der Waals surface area contributed by atoms with Gasteiger partial charge < -0.3 is 9.47 Å². The summed E-state index contributed by atoms with van der Waals surface area (Å²) in [5.41, 5.74) is 0. The molecule has 2 heterocycles. The van der Waals surface area contributed by atoms with Crippen LogP contribution in [0.1, 0.15) is 51.4 Å². The Hall–Kier alpha value is 0.110. The van der Waals surface area contributed by atoms with Crippen molar-refractivity contribution in [1.82, 2.24) is 20.9 Å². The molecule has 7 heteroatoms. The second-order valence-electron chi connectivity index (χ2n) is 9.75. The van der Waals surface area contributed by atoms with E-state index in [2.05, 4.69) is 32.6 Å². The molecule has 3 N–H and O–H groups in total. The second-order valence-corrected chi connectivity index (χ2v) is 11.0. The van der Waals surface area contributed by atoms with Gasteiger partial charge in [-0.15, -0.1) is 0 Å². The Morgan fingerprint density at radius 1 is 0.867 bits per heavy atom. The van der Waals surface area contributed by atoms with Gasteiger partial charge >= 0.3 is 0 Å². The summed E-state index contributed by atoms with van der Waals surface area (Å²) in [5.74, 6) is 4.20. The summed E-state index contributed by atoms with van der Waals surface area (Å²) in [6.07, 6.45) is 11.2. The largest absolute Gasteiger partial charge is 0.381 e. The molecule has 2 saturated carbocycles. The molecule has 0 bridgehead atoms. The third-order valence-electron chi connectivity index (χ3n) is 7.83. The highest BCUT2D eigenvalue weighted by Gasteiger charge is 2.31. The third-order valence-corrected chi connectivity index (χ3v) is 8.77. The highest BCUT2D eigenvalue weighted by molar-refractivity contribution is 7.99. The van der Waals surface area contributed by atoms with Gasteiger partial charge in [0.1, 0.15) is 6.29 Å². The van der Waals surface area contributed by atoms with E-state index >= 15 is 0 Å². The summed E-state index contributed by atoms with van der Waals surface area (Å²) in [5, 5.41) is 11.3. The van der Waals surface area contributed by atoms with Crippen LogP contribution in [-0.4, -0.2) is 87.4 Å². The van der Waals surface area contributed by atoms with Crippen LogP contribution in [0.25, 0.3) is 0 Å². The van der Waals surface area contributed by atoms with Crippen molar-refractivity contribution in [3.05, 3.63) is 0 Å². The van der Waals surface area contributed by atoms with Crippen molar-refractivity contribution < 1.29 is 9.47 Å². The van der Waals surface area contributed by atoms with Crippen LogP contribution in [0.2, 0.25) is 0 Å². The molecule has 30 heavy (non-hydrogen) atoms. The summed E-state index contributed by atoms with van der Waals surface area (Å²) in [4.78, 5) is 2.56. The molecule has 2 aliphatic heterocycles. The van der Waals surface area contributed by atoms with Gasteiger partial charge in [0.15, 0.2) is 0 Å². The van der Waals surface area contributed by atoms with Gasteiger partial charge in [0.25, 0.3) is 0 Å². The van der Waals surface area contributed by atoms with E-state index in [1.54, 1.807) is 0 Å². The Labute approximate surface area is 188 Å². The van der Waals surface area contributed by atoms with Crippen molar-refractivity contribution in [1.29, 1.82) is 0 Å². The van der Waals surface area contributed by atoms with Crippen molar-refractivity contribution in [2.24, 2.45) is 11.8 Å². The number of methoxy groups -OCH3 is 1. The molecule has 2 aliphatic carbocycles. The minimum Gasteiger partial charge on any atom is -0.381 e. The molecule has 0 aromatic rings. The van der Waals surface area contributed by atoms with Gasteiger partial charge in [-0.25, -0.2) is 0 Å². The number of nitrogens with one attached hydrogen (secondary N) is 3. The van der Waals surface area contributed by atoms with E-state index in [0.29, 0.717) is 18.2 Å². The maximum absolute atomic E-state index is 6.20. The molecule has 0 aromatic carbocycles. The second kappa shape index (κ2) is 12.4. The molecule has 0 atom stereocenters. The fourth-order valence-electron chi connectivity index (χ4n) is 5.73. The van der Waals surface area contributed by atoms with E-state index < -0.39 is 0 Å². The average Bonchev–Trinajstić information content (AvgIpc) is 2.81. The van der Waals surface area contributed by atoms with Crippen LogP contribution in [0, 0.1) is 11.8 Å². The lowest BCUT2D eigenvalue weighted by atomic mass is 9.78. The zero-order chi connectivity index (χ0) is 20.6. The summed E-state index contributed by atoms with van der Waals surface area (Å²) >= 11 is 2.08. The SMILES string of the molecule is COC1CCC(C2CNC(NC3CCC(OCCN4CCSCC4)CC3)NC2)CC1. The lowest BCUT2D eigenvalue weighted by molar-refractivity contribution is 0.00968. The first-order valence-electron chi connectivity index (χ1n) is 12.5.